The van der Waals surface area contributed by atoms with E-state index in [1.54, 1.807) is 45.6 Å². The molecular formula is C21H28N4O4. The molecule has 2 aromatic rings. The van der Waals surface area contributed by atoms with Gasteiger partial charge in [0.25, 0.3) is 5.91 Å². The number of anilines is 1. The molecule has 0 unspecified atom stereocenters. The number of ether oxygens (including phenoxy) is 3. The molecule has 29 heavy (non-hydrogen) atoms. The number of benzene rings is 2. The van der Waals surface area contributed by atoms with Gasteiger partial charge in [-0.3, -0.25) is 9.79 Å². The molecule has 156 valence electrons. The topological polar surface area (TPSA) is 93.2 Å². The van der Waals surface area contributed by atoms with Crippen LogP contribution in [0.3, 0.4) is 0 Å². The van der Waals surface area contributed by atoms with Crippen LogP contribution in [-0.2, 0) is 0 Å². The highest BCUT2D eigenvalue weighted by molar-refractivity contribution is 5.95. The minimum Gasteiger partial charge on any atom is -0.497 e. The van der Waals surface area contributed by atoms with E-state index in [9.17, 15) is 4.79 Å². The van der Waals surface area contributed by atoms with Crippen LogP contribution < -0.4 is 30.2 Å². The van der Waals surface area contributed by atoms with Crippen LogP contribution in [0, 0.1) is 0 Å². The summed E-state index contributed by atoms with van der Waals surface area (Å²) in [6.07, 6.45) is 0. The first-order chi connectivity index (χ1) is 14.1. The second-order valence-electron chi connectivity index (χ2n) is 5.94. The summed E-state index contributed by atoms with van der Waals surface area (Å²) in [6.45, 7) is 3.50. The molecule has 0 bridgehead atoms. The van der Waals surface area contributed by atoms with Gasteiger partial charge in [-0.15, -0.1) is 0 Å². The minimum absolute atomic E-state index is 0.169. The highest BCUT2D eigenvalue weighted by Crippen LogP contribution is 2.29. The van der Waals surface area contributed by atoms with E-state index in [2.05, 4.69) is 20.9 Å². The van der Waals surface area contributed by atoms with E-state index >= 15 is 0 Å². The number of nitrogens with one attached hydrogen (secondary N) is 3. The molecule has 0 aliphatic rings. The van der Waals surface area contributed by atoms with E-state index in [0.717, 1.165) is 5.69 Å². The number of aliphatic imine (C=N–C) groups is 1. The highest BCUT2D eigenvalue weighted by atomic mass is 16.5. The molecule has 0 fully saturated rings. The van der Waals surface area contributed by atoms with Crippen molar-refractivity contribution in [1.82, 2.24) is 10.6 Å². The number of nitrogens with zero attached hydrogens (tertiary/aromatic N) is 1. The normalized spacial score (nSPS) is 10.8. The summed E-state index contributed by atoms with van der Waals surface area (Å²) in [7, 11) is 4.75. The van der Waals surface area contributed by atoms with E-state index in [1.807, 2.05) is 25.1 Å². The van der Waals surface area contributed by atoms with Crippen molar-refractivity contribution < 1.29 is 19.0 Å². The van der Waals surface area contributed by atoms with Gasteiger partial charge in [0.2, 0.25) is 0 Å². The Morgan fingerprint density at radius 3 is 2.45 bits per heavy atom. The molecule has 0 aliphatic carbocycles. The first-order valence-corrected chi connectivity index (χ1v) is 9.30. The summed E-state index contributed by atoms with van der Waals surface area (Å²) in [5.41, 5.74) is 1.35. The Labute approximate surface area is 171 Å². The largest absolute Gasteiger partial charge is 0.497 e. The third-order valence-corrected chi connectivity index (χ3v) is 3.99. The Morgan fingerprint density at radius 2 is 1.76 bits per heavy atom. The van der Waals surface area contributed by atoms with Gasteiger partial charge in [0.1, 0.15) is 5.75 Å². The number of rotatable bonds is 9. The third-order valence-electron chi connectivity index (χ3n) is 3.99. The number of guanidine groups is 1. The van der Waals surface area contributed by atoms with Crippen LogP contribution in [0.15, 0.2) is 47.5 Å². The molecule has 0 saturated carbocycles. The van der Waals surface area contributed by atoms with E-state index in [1.165, 1.54) is 0 Å². The maximum atomic E-state index is 12.2. The third kappa shape index (κ3) is 6.60. The molecule has 8 heteroatoms. The van der Waals surface area contributed by atoms with Crippen LogP contribution >= 0.6 is 0 Å². The van der Waals surface area contributed by atoms with Crippen LogP contribution in [0.2, 0.25) is 0 Å². The lowest BCUT2D eigenvalue weighted by atomic mass is 10.2. The summed E-state index contributed by atoms with van der Waals surface area (Å²) in [5.74, 6) is 2.36. The molecule has 0 atom stereocenters. The molecule has 2 rings (SSSR count). The molecular weight excluding hydrogens is 372 g/mol. The van der Waals surface area contributed by atoms with E-state index in [-0.39, 0.29) is 5.91 Å². The summed E-state index contributed by atoms with van der Waals surface area (Å²) in [4.78, 5) is 16.7. The predicted molar refractivity (Wildman–Crippen MR) is 114 cm³/mol. The fraction of sp³-hybridized carbons (Fsp3) is 0.333. The molecule has 1 amide bonds. The summed E-state index contributed by atoms with van der Waals surface area (Å²) >= 11 is 0. The Morgan fingerprint density at radius 1 is 0.966 bits per heavy atom. The van der Waals surface area contributed by atoms with Gasteiger partial charge in [-0.2, -0.15) is 0 Å². The van der Waals surface area contributed by atoms with Gasteiger partial charge in [0.15, 0.2) is 17.5 Å². The fourth-order valence-electron chi connectivity index (χ4n) is 2.56. The molecule has 0 aromatic heterocycles. The SMILES string of the molecule is CCNC(=NCCNC(=O)c1cccc(OC)c1)Nc1ccc(OC)c(OC)c1. The van der Waals surface area contributed by atoms with Crippen LogP contribution in [0.25, 0.3) is 0 Å². The second-order valence-corrected chi connectivity index (χ2v) is 5.94. The smallest absolute Gasteiger partial charge is 0.251 e. The lowest BCUT2D eigenvalue weighted by Gasteiger charge is -2.14. The van der Waals surface area contributed by atoms with Gasteiger partial charge in [0.05, 0.1) is 27.9 Å². The van der Waals surface area contributed by atoms with Gasteiger partial charge in [0, 0.05) is 30.4 Å². The number of methoxy groups -OCH3 is 3. The molecule has 0 heterocycles. The molecule has 3 N–H and O–H groups in total. The lowest BCUT2D eigenvalue weighted by Crippen LogP contribution is -2.32. The van der Waals surface area contributed by atoms with E-state index < -0.39 is 0 Å². The lowest BCUT2D eigenvalue weighted by molar-refractivity contribution is 0.0954. The van der Waals surface area contributed by atoms with E-state index in [0.29, 0.717) is 48.4 Å². The van der Waals surface area contributed by atoms with Crippen molar-refractivity contribution in [3.63, 3.8) is 0 Å². The molecule has 0 radical (unpaired) electrons. The summed E-state index contributed by atoms with van der Waals surface area (Å²) in [6, 6.07) is 12.5. The quantitative estimate of drug-likeness (QED) is 0.340. The Balaban J connectivity index is 1.94. The molecule has 0 spiro atoms. The Bertz CT molecular complexity index is 839. The molecule has 8 nitrogen and oxygen atoms in total. The number of carbonyl (C=O) groups excluding carboxylic acids is 1. The van der Waals surface area contributed by atoms with Gasteiger partial charge in [-0.25, -0.2) is 0 Å². The molecule has 2 aromatic carbocycles. The zero-order valence-corrected chi connectivity index (χ0v) is 17.2. The molecule has 0 saturated heterocycles. The number of amides is 1. The zero-order chi connectivity index (χ0) is 21.1. The van der Waals surface area contributed by atoms with Crippen LogP contribution in [-0.4, -0.2) is 52.8 Å². The van der Waals surface area contributed by atoms with Gasteiger partial charge in [-0.1, -0.05) is 6.07 Å². The van der Waals surface area contributed by atoms with Crippen molar-refractivity contribution >= 4 is 17.6 Å². The average Bonchev–Trinajstić information content (AvgIpc) is 2.76. The van der Waals surface area contributed by atoms with Crippen molar-refractivity contribution in [3.8, 4) is 17.2 Å². The zero-order valence-electron chi connectivity index (χ0n) is 17.2. The number of carbonyl (C=O) groups is 1. The van der Waals surface area contributed by atoms with Crippen molar-refractivity contribution in [2.45, 2.75) is 6.92 Å². The Hall–Kier alpha value is -3.42. The van der Waals surface area contributed by atoms with Crippen molar-refractivity contribution in [2.75, 3.05) is 46.3 Å². The highest BCUT2D eigenvalue weighted by Gasteiger charge is 2.07. The second kappa shape index (κ2) is 11.4. The van der Waals surface area contributed by atoms with Crippen LogP contribution in [0.1, 0.15) is 17.3 Å². The van der Waals surface area contributed by atoms with E-state index in [4.69, 9.17) is 14.2 Å². The summed E-state index contributed by atoms with van der Waals surface area (Å²) < 4.78 is 15.7. The minimum atomic E-state index is -0.169. The van der Waals surface area contributed by atoms with Crippen LogP contribution in [0.4, 0.5) is 5.69 Å². The average molecular weight is 400 g/mol. The maximum absolute atomic E-state index is 12.2. The number of hydrogen-bond acceptors (Lipinski definition) is 5. The maximum Gasteiger partial charge on any atom is 0.251 e. The van der Waals surface area contributed by atoms with Gasteiger partial charge < -0.3 is 30.2 Å². The first-order valence-electron chi connectivity index (χ1n) is 9.30. The first kappa shape index (κ1) is 21.9. The standard InChI is InChI=1S/C21H28N4O4/c1-5-22-21(25-16-9-10-18(28-3)19(14-16)29-4)24-12-11-23-20(26)15-7-6-8-17(13-15)27-2/h6-10,13-14H,5,11-12H2,1-4H3,(H,23,26)(H2,22,24,25). The van der Waals surface area contributed by atoms with Crippen LogP contribution in [0.5, 0.6) is 17.2 Å². The number of hydrogen-bond donors (Lipinski definition) is 3. The van der Waals surface area contributed by atoms with Gasteiger partial charge in [-0.05, 0) is 37.3 Å². The van der Waals surface area contributed by atoms with Crippen molar-refractivity contribution in [1.29, 1.82) is 0 Å². The van der Waals surface area contributed by atoms with Crippen molar-refractivity contribution in [2.24, 2.45) is 4.99 Å². The molecule has 0 aliphatic heterocycles. The Kier molecular flexibility index (Phi) is 8.62. The van der Waals surface area contributed by atoms with Crippen molar-refractivity contribution in [3.05, 3.63) is 48.0 Å². The monoisotopic (exact) mass is 400 g/mol. The fourth-order valence-corrected chi connectivity index (χ4v) is 2.56. The predicted octanol–water partition coefficient (Wildman–Crippen LogP) is 2.52. The van der Waals surface area contributed by atoms with Gasteiger partial charge >= 0.3 is 0 Å². The summed E-state index contributed by atoms with van der Waals surface area (Å²) in [5, 5.41) is 9.24.